The van der Waals surface area contributed by atoms with Crippen LogP contribution in [-0.4, -0.2) is 17.5 Å². The van der Waals surface area contributed by atoms with Crippen molar-refractivity contribution < 1.29 is 14.6 Å². The van der Waals surface area contributed by atoms with E-state index in [2.05, 4.69) is 6.92 Å². The number of benzene rings is 1. The van der Waals surface area contributed by atoms with Gasteiger partial charge in [-0.2, -0.15) is 0 Å². The van der Waals surface area contributed by atoms with E-state index in [1.807, 2.05) is 0 Å². The molecule has 0 unspecified atom stereocenters. The normalized spacial score (nSPS) is 10.0. The van der Waals surface area contributed by atoms with Gasteiger partial charge < -0.3 is 9.84 Å². The molecule has 3 nitrogen and oxygen atoms in total. The molecular weight excluding hydrogens is 192 g/mol. The highest BCUT2D eigenvalue weighted by Gasteiger charge is 2.07. The molecule has 0 aromatic heterocycles. The molecule has 0 spiro atoms. The van der Waals surface area contributed by atoms with Crippen molar-refractivity contribution in [2.75, 3.05) is 6.61 Å². The Bertz CT molecular complexity index is 345. The van der Waals surface area contributed by atoms with E-state index in [9.17, 15) is 9.90 Å². The third-order valence-corrected chi connectivity index (χ3v) is 2.12. The fraction of sp³-hybridized carbons (Fsp3) is 0.417. The Kier molecular flexibility index (Phi) is 4.16. The van der Waals surface area contributed by atoms with E-state index in [1.165, 1.54) is 13.0 Å². The van der Waals surface area contributed by atoms with Gasteiger partial charge in [0, 0.05) is 6.07 Å². The summed E-state index contributed by atoms with van der Waals surface area (Å²) in [7, 11) is 0. The molecule has 0 bridgehead atoms. The fourth-order valence-electron chi connectivity index (χ4n) is 1.23. The monoisotopic (exact) mass is 208 g/mol. The van der Waals surface area contributed by atoms with Gasteiger partial charge in [0.2, 0.25) is 0 Å². The van der Waals surface area contributed by atoms with Crippen LogP contribution in [0.25, 0.3) is 0 Å². The lowest BCUT2D eigenvalue weighted by Crippen LogP contribution is -1.98. The topological polar surface area (TPSA) is 46.5 Å². The first-order valence-electron chi connectivity index (χ1n) is 5.12. The first-order valence-corrected chi connectivity index (χ1v) is 5.12. The van der Waals surface area contributed by atoms with E-state index in [0.717, 1.165) is 12.8 Å². The van der Waals surface area contributed by atoms with Crippen LogP contribution < -0.4 is 4.74 Å². The van der Waals surface area contributed by atoms with Crippen LogP contribution in [0, 0.1) is 0 Å². The molecule has 0 radical (unpaired) electrons. The highest BCUT2D eigenvalue weighted by Crippen LogP contribution is 2.23. The second-order valence-corrected chi connectivity index (χ2v) is 3.44. The lowest BCUT2D eigenvalue weighted by Gasteiger charge is -2.07. The molecule has 3 heteroatoms. The van der Waals surface area contributed by atoms with Gasteiger partial charge in [-0.1, -0.05) is 13.3 Å². The molecular formula is C12H16O3. The molecule has 82 valence electrons. The van der Waals surface area contributed by atoms with Crippen LogP contribution in [0.5, 0.6) is 11.5 Å². The summed E-state index contributed by atoms with van der Waals surface area (Å²) < 4.78 is 5.39. The van der Waals surface area contributed by atoms with Crippen molar-refractivity contribution in [2.24, 2.45) is 0 Å². The molecule has 0 amide bonds. The summed E-state index contributed by atoms with van der Waals surface area (Å²) in [4.78, 5) is 11.0. The van der Waals surface area contributed by atoms with Gasteiger partial charge in [0.1, 0.15) is 11.5 Å². The Labute approximate surface area is 89.7 Å². The molecule has 1 N–H and O–H groups in total. The second-order valence-electron chi connectivity index (χ2n) is 3.44. The van der Waals surface area contributed by atoms with Gasteiger partial charge in [0.05, 0.1) is 12.2 Å². The maximum Gasteiger partial charge on any atom is 0.163 e. The largest absolute Gasteiger partial charge is 0.507 e. The first-order chi connectivity index (χ1) is 7.15. The SMILES string of the molecule is CCCCOc1ccc(C(C)=O)c(O)c1. The van der Waals surface area contributed by atoms with Crippen LogP contribution >= 0.6 is 0 Å². The number of ether oxygens (including phenoxy) is 1. The standard InChI is InChI=1S/C12H16O3/c1-3-4-7-15-10-5-6-11(9(2)13)12(14)8-10/h5-6,8,14H,3-4,7H2,1-2H3. The van der Waals surface area contributed by atoms with E-state index in [4.69, 9.17) is 4.74 Å². The third kappa shape index (κ3) is 3.27. The van der Waals surface area contributed by atoms with E-state index < -0.39 is 0 Å². The van der Waals surface area contributed by atoms with Crippen molar-refractivity contribution >= 4 is 5.78 Å². The van der Waals surface area contributed by atoms with Crippen LogP contribution in [-0.2, 0) is 0 Å². The van der Waals surface area contributed by atoms with Crippen molar-refractivity contribution in [3.05, 3.63) is 23.8 Å². The Morgan fingerprint density at radius 3 is 2.73 bits per heavy atom. The Morgan fingerprint density at radius 1 is 1.47 bits per heavy atom. The van der Waals surface area contributed by atoms with Gasteiger partial charge in [0.15, 0.2) is 5.78 Å². The van der Waals surface area contributed by atoms with Gasteiger partial charge in [-0.15, -0.1) is 0 Å². The number of hydrogen-bond acceptors (Lipinski definition) is 3. The Hall–Kier alpha value is -1.51. The van der Waals surface area contributed by atoms with E-state index >= 15 is 0 Å². The third-order valence-electron chi connectivity index (χ3n) is 2.12. The summed E-state index contributed by atoms with van der Waals surface area (Å²) >= 11 is 0. The van der Waals surface area contributed by atoms with Crippen LogP contribution in [0.1, 0.15) is 37.0 Å². The number of carbonyl (C=O) groups is 1. The van der Waals surface area contributed by atoms with Gasteiger partial charge in [0.25, 0.3) is 0 Å². The van der Waals surface area contributed by atoms with Gasteiger partial charge in [-0.05, 0) is 25.5 Å². The maximum atomic E-state index is 11.0. The van der Waals surface area contributed by atoms with Crippen LogP contribution in [0.3, 0.4) is 0 Å². The average molecular weight is 208 g/mol. The smallest absolute Gasteiger partial charge is 0.163 e. The lowest BCUT2D eigenvalue weighted by atomic mass is 10.1. The fourth-order valence-corrected chi connectivity index (χ4v) is 1.23. The zero-order chi connectivity index (χ0) is 11.3. The molecule has 15 heavy (non-hydrogen) atoms. The van der Waals surface area contributed by atoms with Crippen molar-refractivity contribution in [3.63, 3.8) is 0 Å². The number of phenolic OH excluding ortho intramolecular Hbond substituents is 1. The zero-order valence-electron chi connectivity index (χ0n) is 9.12. The molecule has 0 aliphatic carbocycles. The summed E-state index contributed by atoms with van der Waals surface area (Å²) in [5.74, 6) is 0.440. The summed E-state index contributed by atoms with van der Waals surface area (Å²) in [5, 5.41) is 9.52. The highest BCUT2D eigenvalue weighted by atomic mass is 16.5. The molecule has 0 aliphatic heterocycles. The highest BCUT2D eigenvalue weighted by molar-refractivity contribution is 5.96. The van der Waals surface area contributed by atoms with Crippen LogP contribution in [0.15, 0.2) is 18.2 Å². The van der Waals surface area contributed by atoms with Gasteiger partial charge in [-0.3, -0.25) is 4.79 Å². The van der Waals surface area contributed by atoms with Crippen molar-refractivity contribution in [1.82, 2.24) is 0 Å². The van der Waals surface area contributed by atoms with Crippen molar-refractivity contribution in [3.8, 4) is 11.5 Å². The number of rotatable bonds is 5. The van der Waals surface area contributed by atoms with Crippen molar-refractivity contribution in [1.29, 1.82) is 0 Å². The molecule has 0 saturated carbocycles. The number of hydrogen-bond donors (Lipinski definition) is 1. The number of carbonyl (C=O) groups excluding carboxylic acids is 1. The second kappa shape index (κ2) is 5.39. The lowest BCUT2D eigenvalue weighted by molar-refractivity contribution is 0.101. The van der Waals surface area contributed by atoms with Crippen LogP contribution in [0.2, 0.25) is 0 Å². The maximum absolute atomic E-state index is 11.0. The van der Waals surface area contributed by atoms with Crippen LogP contribution in [0.4, 0.5) is 0 Å². The predicted molar refractivity (Wildman–Crippen MR) is 58.5 cm³/mol. The number of aromatic hydroxyl groups is 1. The number of phenols is 1. The van der Waals surface area contributed by atoms with Crippen molar-refractivity contribution in [2.45, 2.75) is 26.7 Å². The predicted octanol–water partition coefficient (Wildman–Crippen LogP) is 2.77. The zero-order valence-corrected chi connectivity index (χ0v) is 9.12. The van der Waals surface area contributed by atoms with E-state index in [1.54, 1.807) is 12.1 Å². The molecule has 0 heterocycles. The number of ketones is 1. The van der Waals surface area contributed by atoms with Gasteiger partial charge in [-0.25, -0.2) is 0 Å². The number of Topliss-reactive ketones (excluding diaryl/α,β-unsaturated/α-hetero) is 1. The Morgan fingerprint density at radius 2 is 2.20 bits per heavy atom. The molecule has 1 rings (SSSR count). The van der Waals surface area contributed by atoms with E-state index in [0.29, 0.717) is 17.9 Å². The molecule has 0 fully saturated rings. The molecule has 0 atom stereocenters. The number of unbranched alkanes of at least 4 members (excludes halogenated alkanes) is 1. The molecule has 0 aliphatic rings. The molecule has 1 aromatic carbocycles. The summed E-state index contributed by atoms with van der Waals surface area (Å²) in [6.07, 6.45) is 2.05. The Balaban J connectivity index is 2.69. The molecule has 0 saturated heterocycles. The first kappa shape index (κ1) is 11.6. The minimum Gasteiger partial charge on any atom is -0.507 e. The summed E-state index contributed by atoms with van der Waals surface area (Å²) in [5.41, 5.74) is 0.331. The minimum absolute atomic E-state index is 0.0171. The summed E-state index contributed by atoms with van der Waals surface area (Å²) in [6, 6.07) is 4.76. The summed E-state index contributed by atoms with van der Waals surface area (Å²) in [6.45, 7) is 4.14. The average Bonchev–Trinajstić information content (AvgIpc) is 2.17. The quantitative estimate of drug-likeness (QED) is 0.597. The minimum atomic E-state index is -0.146. The van der Waals surface area contributed by atoms with E-state index in [-0.39, 0.29) is 11.5 Å². The van der Waals surface area contributed by atoms with Gasteiger partial charge >= 0.3 is 0 Å². The molecule has 1 aromatic rings.